The summed E-state index contributed by atoms with van der Waals surface area (Å²) in [6.07, 6.45) is 5.11. The van der Waals surface area contributed by atoms with Gasteiger partial charge in [0.05, 0.1) is 17.1 Å². The smallest absolute Gasteiger partial charge is 0.264 e. The second kappa shape index (κ2) is 7.03. The number of fused-ring (bicyclic) bond motifs is 1. The number of aromatic nitrogens is 2. The van der Waals surface area contributed by atoms with E-state index in [4.69, 9.17) is 4.52 Å². The maximum Gasteiger partial charge on any atom is 0.264 e. The lowest BCUT2D eigenvalue weighted by atomic mass is 9.90. The fourth-order valence-corrected chi connectivity index (χ4v) is 4.53. The first kappa shape index (κ1) is 17.0. The molecule has 3 aromatic heterocycles. The van der Waals surface area contributed by atoms with E-state index in [0.717, 1.165) is 23.4 Å². The summed E-state index contributed by atoms with van der Waals surface area (Å²) >= 11 is 1.64. The fourth-order valence-electron chi connectivity index (χ4n) is 3.33. The second-order valence-corrected chi connectivity index (χ2v) is 8.10. The van der Waals surface area contributed by atoms with Gasteiger partial charge in [-0.2, -0.15) is 0 Å². The van der Waals surface area contributed by atoms with Gasteiger partial charge < -0.3 is 9.42 Å². The Morgan fingerprint density at radius 3 is 3.04 bits per heavy atom. The van der Waals surface area contributed by atoms with Gasteiger partial charge in [0.25, 0.3) is 5.91 Å². The van der Waals surface area contributed by atoms with Crippen LogP contribution in [0.2, 0.25) is 0 Å². The molecule has 0 saturated heterocycles. The number of pyridine rings is 1. The second-order valence-electron chi connectivity index (χ2n) is 6.96. The molecule has 5 nitrogen and oxygen atoms in total. The Morgan fingerprint density at radius 2 is 2.23 bits per heavy atom. The van der Waals surface area contributed by atoms with Crippen LogP contribution < -0.4 is 0 Å². The largest absolute Gasteiger partial charge is 0.359 e. The van der Waals surface area contributed by atoms with Crippen LogP contribution in [0.5, 0.6) is 0 Å². The normalized spacial score (nSPS) is 16.3. The molecule has 0 N–H and O–H groups in total. The summed E-state index contributed by atoms with van der Waals surface area (Å²) in [5.74, 6) is 1.39. The Kier molecular flexibility index (Phi) is 4.59. The zero-order chi connectivity index (χ0) is 18.1. The van der Waals surface area contributed by atoms with Crippen molar-refractivity contribution in [2.75, 3.05) is 7.05 Å². The van der Waals surface area contributed by atoms with Crippen LogP contribution in [-0.4, -0.2) is 28.0 Å². The molecule has 0 aliphatic heterocycles. The molecule has 0 aromatic carbocycles. The lowest BCUT2D eigenvalue weighted by Crippen LogP contribution is -2.25. The van der Waals surface area contributed by atoms with Gasteiger partial charge in [-0.15, -0.1) is 11.3 Å². The molecule has 134 valence electrons. The third kappa shape index (κ3) is 3.42. The lowest BCUT2D eigenvalue weighted by Gasteiger charge is -2.16. The minimum Gasteiger partial charge on any atom is -0.359 e. The summed E-state index contributed by atoms with van der Waals surface area (Å²) in [7, 11) is 1.80. The van der Waals surface area contributed by atoms with Crippen LogP contribution in [0, 0.1) is 5.92 Å². The highest BCUT2D eigenvalue weighted by Crippen LogP contribution is 2.32. The molecule has 0 saturated carbocycles. The molecule has 1 atom stereocenters. The number of amides is 1. The highest BCUT2D eigenvalue weighted by Gasteiger charge is 2.23. The Morgan fingerprint density at radius 1 is 1.35 bits per heavy atom. The van der Waals surface area contributed by atoms with Crippen molar-refractivity contribution in [2.45, 2.75) is 32.7 Å². The third-order valence-electron chi connectivity index (χ3n) is 4.77. The number of hydrogen-bond acceptors (Lipinski definition) is 5. The number of rotatable bonds is 4. The topological polar surface area (TPSA) is 59.2 Å². The van der Waals surface area contributed by atoms with Crippen molar-refractivity contribution in [3.8, 4) is 11.4 Å². The van der Waals surface area contributed by atoms with Crippen LogP contribution in [0.3, 0.4) is 0 Å². The average molecular weight is 367 g/mol. The fraction of sp³-hybridized carbons (Fsp3) is 0.350. The van der Waals surface area contributed by atoms with Crippen LogP contribution in [0.15, 0.2) is 41.1 Å². The van der Waals surface area contributed by atoms with E-state index >= 15 is 0 Å². The molecule has 0 fully saturated rings. The third-order valence-corrected chi connectivity index (χ3v) is 5.99. The van der Waals surface area contributed by atoms with Crippen molar-refractivity contribution in [1.29, 1.82) is 0 Å². The van der Waals surface area contributed by atoms with Gasteiger partial charge in [0, 0.05) is 24.2 Å². The summed E-state index contributed by atoms with van der Waals surface area (Å²) < 4.78 is 5.39. The molecule has 1 amide bonds. The molecule has 0 unspecified atom stereocenters. The molecule has 3 aromatic rings. The predicted molar refractivity (Wildman–Crippen MR) is 101 cm³/mol. The summed E-state index contributed by atoms with van der Waals surface area (Å²) in [6, 6.07) is 9.57. The minimum absolute atomic E-state index is 0.0350. The summed E-state index contributed by atoms with van der Waals surface area (Å²) in [4.78, 5) is 20.9. The molecule has 1 aliphatic carbocycles. The van der Waals surface area contributed by atoms with Crippen LogP contribution in [0.4, 0.5) is 0 Å². The highest BCUT2D eigenvalue weighted by molar-refractivity contribution is 7.14. The van der Waals surface area contributed by atoms with E-state index in [0.29, 0.717) is 23.9 Å². The molecular formula is C20H21N3O2S. The van der Waals surface area contributed by atoms with Gasteiger partial charge in [0.1, 0.15) is 5.69 Å². The van der Waals surface area contributed by atoms with Gasteiger partial charge in [-0.1, -0.05) is 18.1 Å². The number of hydrogen-bond donors (Lipinski definition) is 0. The van der Waals surface area contributed by atoms with E-state index in [1.54, 1.807) is 29.5 Å². The van der Waals surface area contributed by atoms with Gasteiger partial charge >= 0.3 is 0 Å². The summed E-state index contributed by atoms with van der Waals surface area (Å²) in [6.45, 7) is 2.66. The number of thiophene rings is 1. The van der Waals surface area contributed by atoms with Gasteiger partial charge in [-0.25, -0.2) is 0 Å². The molecule has 1 aliphatic rings. The Labute approximate surface area is 156 Å². The van der Waals surface area contributed by atoms with E-state index in [9.17, 15) is 4.79 Å². The first-order valence-corrected chi connectivity index (χ1v) is 9.66. The van der Waals surface area contributed by atoms with E-state index in [1.807, 2.05) is 24.3 Å². The van der Waals surface area contributed by atoms with Gasteiger partial charge in [-0.3, -0.25) is 9.78 Å². The van der Waals surface area contributed by atoms with Crippen molar-refractivity contribution >= 4 is 17.2 Å². The standard InChI is InChI=1S/C20H21N3O2S/c1-13-6-7-18-14(9-13)10-19(26-18)20(24)23(2)12-15-11-17(22-25-15)16-5-3-4-8-21-16/h3-5,8,10-11,13H,6-7,9,12H2,1-2H3/t13-/m0/s1. The zero-order valence-corrected chi connectivity index (χ0v) is 15.8. The molecule has 0 bridgehead atoms. The Hall–Kier alpha value is -2.47. The SMILES string of the molecule is C[C@H]1CCc2sc(C(=O)N(C)Cc3cc(-c4ccccn4)no3)cc2C1. The molecule has 0 spiro atoms. The first-order chi connectivity index (χ1) is 12.6. The van der Waals surface area contributed by atoms with Crippen LogP contribution in [-0.2, 0) is 19.4 Å². The quantitative estimate of drug-likeness (QED) is 0.693. The highest BCUT2D eigenvalue weighted by atomic mass is 32.1. The molecule has 6 heteroatoms. The van der Waals surface area contributed by atoms with Crippen molar-refractivity contribution in [3.63, 3.8) is 0 Å². The maximum absolute atomic E-state index is 12.8. The van der Waals surface area contributed by atoms with E-state index in [-0.39, 0.29) is 5.91 Å². The minimum atomic E-state index is 0.0350. The van der Waals surface area contributed by atoms with E-state index in [2.05, 4.69) is 23.1 Å². The van der Waals surface area contributed by atoms with Crippen molar-refractivity contribution < 1.29 is 9.32 Å². The molecular weight excluding hydrogens is 346 g/mol. The van der Waals surface area contributed by atoms with Gasteiger partial charge in [-0.05, 0) is 48.9 Å². The number of carbonyl (C=O) groups is 1. The molecule has 0 radical (unpaired) electrons. The van der Waals surface area contributed by atoms with E-state index in [1.165, 1.54) is 16.9 Å². The number of carbonyl (C=O) groups excluding carboxylic acids is 1. The van der Waals surface area contributed by atoms with E-state index < -0.39 is 0 Å². The average Bonchev–Trinajstić information content (AvgIpc) is 3.28. The molecule has 4 rings (SSSR count). The van der Waals surface area contributed by atoms with Crippen molar-refractivity contribution in [2.24, 2.45) is 5.92 Å². The van der Waals surface area contributed by atoms with Gasteiger partial charge in [0.15, 0.2) is 5.76 Å². The summed E-state index contributed by atoms with van der Waals surface area (Å²) in [5.41, 5.74) is 2.79. The molecule has 3 heterocycles. The Bertz CT molecular complexity index is 916. The Balaban J connectivity index is 1.46. The van der Waals surface area contributed by atoms with Crippen LogP contribution in [0.25, 0.3) is 11.4 Å². The monoisotopic (exact) mass is 367 g/mol. The predicted octanol–water partition coefficient (Wildman–Crippen LogP) is 4.20. The van der Waals surface area contributed by atoms with Gasteiger partial charge in [0.2, 0.25) is 0 Å². The van der Waals surface area contributed by atoms with Crippen molar-refractivity contribution in [1.82, 2.24) is 15.0 Å². The summed E-state index contributed by atoms with van der Waals surface area (Å²) in [5, 5.41) is 4.06. The number of nitrogens with zero attached hydrogens (tertiary/aromatic N) is 3. The first-order valence-electron chi connectivity index (χ1n) is 8.84. The molecule has 26 heavy (non-hydrogen) atoms. The number of aryl methyl sites for hydroxylation is 1. The zero-order valence-electron chi connectivity index (χ0n) is 14.9. The van der Waals surface area contributed by atoms with Crippen molar-refractivity contribution in [3.05, 3.63) is 57.6 Å². The maximum atomic E-state index is 12.8. The lowest BCUT2D eigenvalue weighted by molar-refractivity contribution is 0.0777. The van der Waals surface area contributed by atoms with Crippen LogP contribution in [0.1, 0.15) is 39.2 Å². The van der Waals surface area contributed by atoms with Crippen LogP contribution >= 0.6 is 11.3 Å².